The van der Waals surface area contributed by atoms with Crippen molar-refractivity contribution in [2.24, 2.45) is 5.92 Å². The maximum atomic E-state index is 13.5. The first-order chi connectivity index (χ1) is 15.0. The molecule has 0 aliphatic carbocycles. The molecule has 0 aromatic heterocycles. The van der Waals surface area contributed by atoms with Crippen molar-refractivity contribution in [2.75, 3.05) is 6.54 Å². The Morgan fingerprint density at radius 3 is 2.32 bits per heavy atom. The number of hydrogen-bond acceptors (Lipinski definition) is 4. The normalized spacial score (nSPS) is 29.3. The second-order valence-corrected chi connectivity index (χ2v) is 8.66. The first-order valence-electron chi connectivity index (χ1n) is 10.7. The van der Waals surface area contributed by atoms with Gasteiger partial charge in [-0.25, -0.2) is 0 Å². The van der Waals surface area contributed by atoms with E-state index in [9.17, 15) is 19.5 Å². The van der Waals surface area contributed by atoms with Gasteiger partial charge in [0.25, 0.3) is 11.8 Å². The van der Waals surface area contributed by atoms with Crippen LogP contribution in [0.5, 0.6) is 0 Å². The lowest BCUT2D eigenvalue weighted by Gasteiger charge is -2.60. The highest BCUT2D eigenvalue weighted by Crippen LogP contribution is 2.52. The fraction of sp³-hybridized carbons (Fsp3) is 0.375. The van der Waals surface area contributed by atoms with Crippen LogP contribution >= 0.6 is 0 Å². The van der Waals surface area contributed by atoms with Crippen LogP contribution in [0.15, 0.2) is 60.7 Å². The molecule has 2 bridgehead atoms. The third-order valence-electron chi connectivity index (χ3n) is 6.94. The summed E-state index contributed by atoms with van der Waals surface area (Å²) in [5.74, 6) is -2.22. The average Bonchev–Trinajstić information content (AvgIpc) is 3.24. The summed E-state index contributed by atoms with van der Waals surface area (Å²) in [5.41, 5.74) is -1.49. The fourth-order valence-electron chi connectivity index (χ4n) is 5.38. The van der Waals surface area contributed by atoms with Gasteiger partial charge in [-0.3, -0.25) is 19.3 Å². The molecule has 2 aromatic rings. The van der Waals surface area contributed by atoms with Crippen LogP contribution in [0, 0.1) is 5.92 Å². The first kappa shape index (κ1) is 19.8. The van der Waals surface area contributed by atoms with E-state index >= 15 is 0 Å². The monoisotopic (exact) mass is 419 g/mol. The van der Waals surface area contributed by atoms with Gasteiger partial charge in [-0.2, -0.15) is 0 Å². The number of fused-ring (bicyclic) bond motifs is 2. The summed E-state index contributed by atoms with van der Waals surface area (Å²) in [5, 5.41) is 14.6. The summed E-state index contributed by atoms with van der Waals surface area (Å²) < 4.78 is 0. The summed E-state index contributed by atoms with van der Waals surface area (Å²) >= 11 is 0. The average molecular weight is 419 g/mol. The summed E-state index contributed by atoms with van der Waals surface area (Å²) in [4.78, 5) is 42.9. The zero-order valence-corrected chi connectivity index (χ0v) is 17.2. The SMILES string of the molecule is O=C(NCc1ccccc1)[C@@H]1C[C@]23CCCN2C(=O)[C@@]1(O)N(Cc1ccccc1)C3=O. The number of amides is 3. The molecule has 4 saturated heterocycles. The fourth-order valence-corrected chi connectivity index (χ4v) is 5.38. The Labute approximate surface area is 180 Å². The maximum Gasteiger partial charge on any atom is 0.277 e. The Balaban J connectivity index is 1.48. The zero-order valence-electron chi connectivity index (χ0n) is 17.2. The smallest absolute Gasteiger partial charge is 0.277 e. The van der Waals surface area contributed by atoms with E-state index in [1.54, 1.807) is 0 Å². The quantitative estimate of drug-likeness (QED) is 0.767. The molecule has 6 rings (SSSR count). The number of rotatable bonds is 5. The van der Waals surface area contributed by atoms with Crippen molar-refractivity contribution in [3.8, 4) is 0 Å². The lowest BCUT2D eigenvalue weighted by Crippen LogP contribution is -2.83. The number of piperidine rings is 2. The van der Waals surface area contributed by atoms with Crippen LogP contribution in [0.4, 0.5) is 0 Å². The predicted molar refractivity (Wildman–Crippen MR) is 112 cm³/mol. The standard InChI is InChI=1S/C24H25N3O4/c28-20(25-15-17-8-3-1-4-9-17)19-14-23-12-7-13-26(23)22(30)24(19,31)27(21(23)29)16-18-10-5-2-6-11-18/h1-6,8-11,19,31H,7,12-16H2,(H,25,28)/t19-,23-,24+/m0/s1. The van der Waals surface area contributed by atoms with Crippen molar-refractivity contribution in [3.05, 3.63) is 71.8 Å². The summed E-state index contributed by atoms with van der Waals surface area (Å²) in [7, 11) is 0. The third-order valence-corrected chi connectivity index (χ3v) is 6.94. The number of nitrogens with one attached hydrogen (secondary N) is 1. The van der Waals surface area contributed by atoms with Crippen LogP contribution in [0.2, 0.25) is 0 Å². The number of carbonyl (C=O) groups is 3. The van der Waals surface area contributed by atoms with Gasteiger partial charge >= 0.3 is 0 Å². The van der Waals surface area contributed by atoms with Crippen molar-refractivity contribution in [1.29, 1.82) is 0 Å². The first-order valence-corrected chi connectivity index (χ1v) is 10.7. The van der Waals surface area contributed by atoms with E-state index in [-0.39, 0.29) is 18.9 Å². The zero-order chi connectivity index (χ0) is 21.6. The van der Waals surface area contributed by atoms with Crippen LogP contribution in [-0.2, 0) is 27.5 Å². The van der Waals surface area contributed by atoms with Gasteiger partial charge in [-0.1, -0.05) is 60.7 Å². The van der Waals surface area contributed by atoms with Gasteiger partial charge in [0, 0.05) is 19.6 Å². The molecule has 7 nitrogen and oxygen atoms in total. The molecule has 0 radical (unpaired) electrons. The number of piperazine rings is 1. The molecule has 4 aliphatic rings. The molecule has 4 heterocycles. The topological polar surface area (TPSA) is 89.9 Å². The maximum absolute atomic E-state index is 13.5. The van der Waals surface area contributed by atoms with Crippen molar-refractivity contribution in [1.82, 2.24) is 15.1 Å². The van der Waals surface area contributed by atoms with Gasteiger partial charge in [0.05, 0.1) is 5.92 Å². The minimum atomic E-state index is -2.18. The summed E-state index contributed by atoms with van der Waals surface area (Å²) in [6, 6.07) is 18.7. The molecule has 2 aromatic carbocycles. The van der Waals surface area contributed by atoms with Crippen molar-refractivity contribution in [3.63, 3.8) is 0 Å². The lowest BCUT2D eigenvalue weighted by atomic mass is 9.68. The van der Waals surface area contributed by atoms with Gasteiger partial charge in [0.2, 0.25) is 11.6 Å². The second kappa shape index (κ2) is 7.20. The Morgan fingerprint density at radius 1 is 1.00 bits per heavy atom. The summed E-state index contributed by atoms with van der Waals surface area (Å²) in [6.45, 7) is 0.814. The Morgan fingerprint density at radius 2 is 1.65 bits per heavy atom. The second-order valence-electron chi connectivity index (χ2n) is 8.66. The van der Waals surface area contributed by atoms with Crippen LogP contribution in [0.1, 0.15) is 30.4 Å². The van der Waals surface area contributed by atoms with Crippen LogP contribution in [0.25, 0.3) is 0 Å². The number of carbonyl (C=O) groups excluding carboxylic acids is 3. The van der Waals surface area contributed by atoms with Gasteiger partial charge in [0.1, 0.15) is 5.54 Å². The third kappa shape index (κ3) is 2.87. The Hall–Kier alpha value is -3.19. The molecule has 3 atom stereocenters. The molecule has 160 valence electrons. The lowest BCUT2D eigenvalue weighted by molar-refractivity contribution is -0.239. The van der Waals surface area contributed by atoms with E-state index in [1.807, 2.05) is 60.7 Å². The highest BCUT2D eigenvalue weighted by molar-refractivity contribution is 6.07. The summed E-state index contributed by atoms with van der Waals surface area (Å²) in [6.07, 6.45) is 1.35. The Bertz CT molecular complexity index is 1030. The highest BCUT2D eigenvalue weighted by atomic mass is 16.3. The molecule has 7 heteroatoms. The largest absolute Gasteiger partial charge is 0.362 e. The minimum Gasteiger partial charge on any atom is -0.362 e. The van der Waals surface area contributed by atoms with E-state index in [1.165, 1.54) is 9.80 Å². The van der Waals surface area contributed by atoms with E-state index in [4.69, 9.17) is 0 Å². The molecule has 4 aliphatic heterocycles. The van der Waals surface area contributed by atoms with Crippen molar-refractivity contribution >= 4 is 17.7 Å². The van der Waals surface area contributed by atoms with Crippen LogP contribution in [0.3, 0.4) is 0 Å². The van der Waals surface area contributed by atoms with Crippen molar-refractivity contribution in [2.45, 2.75) is 43.6 Å². The van der Waals surface area contributed by atoms with E-state index in [0.29, 0.717) is 25.9 Å². The van der Waals surface area contributed by atoms with Crippen LogP contribution in [-0.4, -0.2) is 50.4 Å². The number of hydrogen-bond donors (Lipinski definition) is 2. The molecular formula is C24H25N3O4. The molecule has 3 amide bonds. The molecular weight excluding hydrogens is 394 g/mol. The van der Waals surface area contributed by atoms with E-state index in [2.05, 4.69) is 5.32 Å². The number of benzene rings is 2. The van der Waals surface area contributed by atoms with Gasteiger partial charge in [0.15, 0.2) is 0 Å². The van der Waals surface area contributed by atoms with Gasteiger partial charge < -0.3 is 15.3 Å². The number of nitrogens with zero attached hydrogens (tertiary/aromatic N) is 2. The van der Waals surface area contributed by atoms with Crippen molar-refractivity contribution < 1.29 is 19.5 Å². The molecule has 0 unspecified atom stereocenters. The van der Waals surface area contributed by atoms with Gasteiger partial charge in [-0.15, -0.1) is 0 Å². The van der Waals surface area contributed by atoms with E-state index in [0.717, 1.165) is 11.1 Å². The minimum absolute atomic E-state index is 0.0833. The van der Waals surface area contributed by atoms with Gasteiger partial charge in [-0.05, 0) is 30.4 Å². The molecule has 2 N–H and O–H groups in total. The Kier molecular flexibility index (Phi) is 4.59. The molecule has 31 heavy (non-hydrogen) atoms. The molecule has 4 fully saturated rings. The van der Waals surface area contributed by atoms with E-state index < -0.39 is 29.0 Å². The molecule has 0 saturated carbocycles. The predicted octanol–water partition coefficient (Wildman–Crippen LogP) is 1.41. The highest BCUT2D eigenvalue weighted by Gasteiger charge is 2.73. The number of aliphatic hydroxyl groups is 1. The molecule has 1 spiro atoms. The van der Waals surface area contributed by atoms with Crippen LogP contribution < -0.4 is 5.32 Å².